The topological polar surface area (TPSA) is 67.9 Å². The van der Waals surface area contributed by atoms with Crippen LogP contribution >= 0.6 is 0 Å². The first-order valence-electron chi connectivity index (χ1n) is 12.9. The Morgan fingerprint density at radius 2 is 2.06 bits per heavy atom. The predicted octanol–water partition coefficient (Wildman–Crippen LogP) is 5.25. The number of nitriles is 1. The highest BCUT2D eigenvalue weighted by molar-refractivity contribution is 5.82. The molecule has 0 spiro atoms. The Balaban J connectivity index is 1.36. The van der Waals surface area contributed by atoms with E-state index >= 15 is 0 Å². The number of methoxy groups -OCH3 is 1. The molecule has 174 valence electrons. The lowest BCUT2D eigenvalue weighted by Gasteiger charge is -2.61. The second kappa shape index (κ2) is 8.28. The average Bonchev–Trinajstić information content (AvgIpc) is 3.37. The molecule has 5 rings (SSSR count). The number of carbonyl (C=O) groups is 1. The molecule has 5 heteroatoms. The first-order valence-corrected chi connectivity index (χ1v) is 12.9. The van der Waals surface area contributed by atoms with Crippen molar-refractivity contribution in [2.75, 3.05) is 13.7 Å². The van der Waals surface area contributed by atoms with Gasteiger partial charge in [0.15, 0.2) is 5.78 Å². The number of hydrogen-bond acceptors (Lipinski definition) is 4. The number of fused-ring (bicyclic) bond motifs is 5. The van der Waals surface area contributed by atoms with Crippen molar-refractivity contribution in [3.8, 4) is 6.07 Å². The Kier molecular flexibility index (Phi) is 5.73. The first kappa shape index (κ1) is 22.1. The molecule has 4 fully saturated rings. The summed E-state index contributed by atoms with van der Waals surface area (Å²) in [4.78, 5) is 13.4. The third-order valence-electron chi connectivity index (χ3n) is 10.5. The van der Waals surface area contributed by atoms with Crippen molar-refractivity contribution in [1.29, 1.82) is 5.26 Å². The van der Waals surface area contributed by atoms with Gasteiger partial charge >= 0.3 is 0 Å². The van der Waals surface area contributed by atoms with Gasteiger partial charge in [-0.2, -0.15) is 10.4 Å². The van der Waals surface area contributed by atoms with Crippen LogP contribution in [0.15, 0.2) is 12.4 Å². The number of rotatable bonds is 5. The maximum absolute atomic E-state index is 13.4. The highest BCUT2D eigenvalue weighted by Crippen LogP contribution is 2.68. The van der Waals surface area contributed by atoms with Crippen LogP contribution in [0.3, 0.4) is 0 Å². The van der Waals surface area contributed by atoms with E-state index in [4.69, 9.17) is 10.00 Å². The van der Waals surface area contributed by atoms with Crippen LogP contribution in [0.1, 0.15) is 77.2 Å². The molecule has 0 bridgehead atoms. The lowest BCUT2D eigenvalue weighted by molar-refractivity contribution is -0.154. The smallest absolute Gasteiger partial charge is 0.157 e. The van der Waals surface area contributed by atoms with Gasteiger partial charge in [-0.15, -0.1) is 0 Å². The number of hydrogen-bond donors (Lipinski definition) is 0. The lowest BCUT2D eigenvalue weighted by atomic mass is 9.44. The van der Waals surface area contributed by atoms with E-state index < -0.39 is 0 Å². The largest absolute Gasteiger partial charge is 0.384 e. The Morgan fingerprint density at radius 1 is 1.22 bits per heavy atom. The summed E-state index contributed by atoms with van der Waals surface area (Å²) in [5, 5.41) is 13.3. The summed E-state index contributed by atoms with van der Waals surface area (Å²) in [5.74, 6) is 4.30. The van der Waals surface area contributed by atoms with Gasteiger partial charge in [-0.05, 0) is 91.8 Å². The zero-order chi connectivity index (χ0) is 22.5. The summed E-state index contributed by atoms with van der Waals surface area (Å²) in [6.07, 6.45) is 14.7. The van der Waals surface area contributed by atoms with Gasteiger partial charge in [0.25, 0.3) is 0 Å². The van der Waals surface area contributed by atoms with Crippen molar-refractivity contribution in [3.63, 3.8) is 0 Å². The average molecular weight is 438 g/mol. The zero-order valence-electron chi connectivity index (χ0n) is 20.1. The van der Waals surface area contributed by atoms with Crippen molar-refractivity contribution in [2.24, 2.45) is 46.3 Å². The quantitative estimate of drug-likeness (QED) is 0.631. The highest BCUT2D eigenvalue weighted by atomic mass is 16.5. The van der Waals surface area contributed by atoms with E-state index in [0.29, 0.717) is 29.2 Å². The van der Waals surface area contributed by atoms with E-state index in [2.05, 4.69) is 25.0 Å². The maximum atomic E-state index is 13.4. The zero-order valence-corrected chi connectivity index (χ0v) is 20.1. The molecule has 0 saturated heterocycles. The van der Waals surface area contributed by atoms with Crippen LogP contribution in [0.5, 0.6) is 0 Å². The fourth-order valence-electron chi connectivity index (χ4n) is 9.12. The molecule has 0 radical (unpaired) electrons. The molecule has 4 unspecified atom stereocenters. The second-order valence-corrected chi connectivity index (χ2v) is 11.9. The Labute approximate surface area is 192 Å². The molecule has 0 amide bonds. The van der Waals surface area contributed by atoms with E-state index in [1.165, 1.54) is 51.4 Å². The van der Waals surface area contributed by atoms with Crippen LogP contribution in [-0.4, -0.2) is 29.3 Å². The number of nitrogens with zero attached hydrogens (tertiary/aromatic N) is 3. The van der Waals surface area contributed by atoms with Gasteiger partial charge in [0.2, 0.25) is 0 Å². The minimum absolute atomic E-state index is 0.118. The fraction of sp³-hybridized carbons (Fsp3) is 0.815. The molecule has 1 aromatic rings. The van der Waals surface area contributed by atoms with Crippen molar-refractivity contribution in [2.45, 2.75) is 78.2 Å². The number of Topliss-reactive ketones (excluding diaryl/α,β-unsaturated/α-hetero) is 1. The molecule has 4 aliphatic rings. The molecule has 0 aliphatic heterocycles. The van der Waals surface area contributed by atoms with Gasteiger partial charge in [-0.1, -0.05) is 20.3 Å². The molecular formula is C27H39N3O2. The SMILES string of the molecule is COCC12CC[C@H](C)CC1CC[C@@H]1C2CC[C@@]2(C)C1CC[C@@H]2C(=O)Cn1cc(C#N)cn1. The molecule has 4 aliphatic carbocycles. The van der Waals surface area contributed by atoms with Gasteiger partial charge in [0.1, 0.15) is 6.07 Å². The van der Waals surface area contributed by atoms with Crippen molar-refractivity contribution in [3.05, 3.63) is 18.0 Å². The van der Waals surface area contributed by atoms with Gasteiger partial charge < -0.3 is 4.74 Å². The van der Waals surface area contributed by atoms with Crippen molar-refractivity contribution < 1.29 is 9.53 Å². The fourth-order valence-corrected chi connectivity index (χ4v) is 9.12. The van der Waals surface area contributed by atoms with Crippen molar-refractivity contribution >= 4 is 5.78 Å². The van der Waals surface area contributed by atoms with Gasteiger partial charge in [-0.3, -0.25) is 9.48 Å². The lowest BCUT2D eigenvalue weighted by Crippen LogP contribution is -2.56. The van der Waals surface area contributed by atoms with Gasteiger partial charge in [-0.25, -0.2) is 0 Å². The van der Waals surface area contributed by atoms with Gasteiger partial charge in [0.05, 0.1) is 24.9 Å². The van der Waals surface area contributed by atoms with E-state index in [-0.39, 0.29) is 11.3 Å². The van der Waals surface area contributed by atoms with Crippen LogP contribution in [0.2, 0.25) is 0 Å². The minimum atomic E-state index is 0.118. The molecular weight excluding hydrogens is 398 g/mol. The van der Waals surface area contributed by atoms with E-state index in [9.17, 15) is 4.79 Å². The van der Waals surface area contributed by atoms with Crippen LogP contribution in [0, 0.1) is 57.7 Å². The first-order chi connectivity index (χ1) is 15.4. The van der Waals surface area contributed by atoms with Gasteiger partial charge in [0, 0.05) is 19.2 Å². The number of ketones is 1. The summed E-state index contributed by atoms with van der Waals surface area (Å²) in [6.45, 7) is 6.09. The molecule has 0 aromatic carbocycles. The Morgan fingerprint density at radius 3 is 2.81 bits per heavy atom. The summed E-state index contributed by atoms with van der Waals surface area (Å²) in [6, 6.07) is 2.11. The Bertz CT molecular complexity index is 903. The van der Waals surface area contributed by atoms with E-state index in [1.807, 2.05) is 7.11 Å². The molecule has 32 heavy (non-hydrogen) atoms. The summed E-state index contributed by atoms with van der Waals surface area (Å²) in [5.41, 5.74) is 1.01. The molecule has 1 heterocycles. The van der Waals surface area contributed by atoms with Crippen LogP contribution in [-0.2, 0) is 16.1 Å². The Hall–Kier alpha value is -1.67. The molecule has 0 N–H and O–H groups in total. The van der Waals surface area contributed by atoms with Crippen LogP contribution in [0.25, 0.3) is 0 Å². The van der Waals surface area contributed by atoms with Crippen LogP contribution < -0.4 is 0 Å². The summed E-state index contributed by atoms with van der Waals surface area (Å²) < 4.78 is 7.57. The number of carbonyl (C=O) groups excluding carboxylic acids is 1. The van der Waals surface area contributed by atoms with Crippen LogP contribution in [0.4, 0.5) is 0 Å². The van der Waals surface area contributed by atoms with Crippen molar-refractivity contribution in [1.82, 2.24) is 9.78 Å². The third-order valence-corrected chi connectivity index (χ3v) is 10.5. The standard InChI is InChI=1S/C27H39N3O2/c1-18-8-11-27(17-32-3)20(12-18)4-5-21-22-6-7-24(26(22,2)10-9-23(21)27)25(31)16-30-15-19(13-28)14-29-30/h14-15,18,20-24H,4-12,16-17H2,1-3H3/t18-,20?,21-,22?,23?,24+,26-,27?/m0/s1. The molecule has 1 aromatic heterocycles. The normalized spacial score (nSPS) is 43.1. The van der Waals surface area contributed by atoms with E-state index in [0.717, 1.165) is 36.7 Å². The maximum Gasteiger partial charge on any atom is 0.157 e. The summed E-state index contributed by atoms with van der Waals surface area (Å²) >= 11 is 0. The predicted molar refractivity (Wildman–Crippen MR) is 123 cm³/mol. The molecule has 4 saturated carbocycles. The second-order valence-electron chi connectivity index (χ2n) is 11.9. The highest BCUT2D eigenvalue weighted by Gasteiger charge is 2.62. The third kappa shape index (κ3) is 3.36. The van der Waals surface area contributed by atoms with E-state index in [1.54, 1.807) is 17.1 Å². The number of ether oxygens (including phenoxy) is 1. The monoisotopic (exact) mass is 437 g/mol. The molecule has 5 nitrogen and oxygen atoms in total. The number of aromatic nitrogens is 2. The molecule has 8 atom stereocenters. The summed E-state index contributed by atoms with van der Waals surface area (Å²) in [7, 11) is 1.90. The minimum Gasteiger partial charge on any atom is -0.384 e.